The van der Waals surface area contributed by atoms with Crippen molar-refractivity contribution in [3.8, 4) is 11.5 Å². The van der Waals surface area contributed by atoms with Crippen molar-refractivity contribution in [1.82, 2.24) is 5.32 Å². The molecule has 0 spiro atoms. The van der Waals surface area contributed by atoms with Crippen molar-refractivity contribution >= 4 is 34.6 Å². The number of anilines is 1. The molecule has 0 aliphatic heterocycles. The van der Waals surface area contributed by atoms with Crippen LogP contribution in [0, 0.1) is 0 Å². The summed E-state index contributed by atoms with van der Waals surface area (Å²) in [5.41, 5.74) is 1.23. The van der Waals surface area contributed by atoms with Crippen LogP contribution in [-0.4, -0.2) is 37.9 Å². The van der Waals surface area contributed by atoms with Crippen molar-refractivity contribution in [3.05, 3.63) is 76.0 Å². The standard InChI is InChI=1S/C30H34N2O5S/c1-20(33)23-14-7-8-16-25(23)32(27(34)19-22-13-10-18-38-22)28(30(35)31-21-11-5-4-6-12-21)24-15-9-17-26(36-2)29(24)37-3/h7-10,13-18,21,28H,4-6,11-12,19H2,1-3H3,(H,31,35)/t28-/m1/s1. The third-order valence-electron chi connectivity index (χ3n) is 6.90. The fourth-order valence-electron chi connectivity index (χ4n) is 5.10. The largest absolute Gasteiger partial charge is 0.493 e. The smallest absolute Gasteiger partial charge is 0.248 e. The number of Topliss-reactive ketones (excluding diaryl/α,β-unsaturated/α-hetero) is 1. The number of rotatable bonds is 10. The minimum absolute atomic E-state index is 0.0210. The van der Waals surface area contributed by atoms with Crippen LogP contribution >= 0.6 is 11.3 Å². The molecule has 0 radical (unpaired) electrons. The molecule has 3 aromatic rings. The molecule has 1 aromatic heterocycles. The first-order valence-electron chi connectivity index (χ1n) is 12.9. The molecule has 1 fully saturated rings. The lowest BCUT2D eigenvalue weighted by Gasteiger charge is -2.35. The summed E-state index contributed by atoms with van der Waals surface area (Å²) in [7, 11) is 3.04. The Balaban J connectivity index is 1.90. The molecule has 38 heavy (non-hydrogen) atoms. The van der Waals surface area contributed by atoms with Crippen molar-refractivity contribution < 1.29 is 23.9 Å². The van der Waals surface area contributed by atoms with E-state index in [1.54, 1.807) is 42.5 Å². The van der Waals surface area contributed by atoms with Crippen LogP contribution in [0.5, 0.6) is 11.5 Å². The Morgan fingerprint density at radius 3 is 2.39 bits per heavy atom. The Kier molecular flexibility index (Phi) is 9.18. The minimum Gasteiger partial charge on any atom is -0.493 e. The predicted octanol–water partition coefficient (Wildman–Crippen LogP) is 5.73. The van der Waals surface area contributed by atoms with Gasteiger partial charge in [0.15, 0.2) is 17.3 Å². The molecule has 1 atom stereocenters. The zero-order valence-electron chi connectivity index (χ0n) is 22.1. The van der Waals surface area contributed by atoms with Gasteiger partial charge >= 0.3 is 0 Å². The molecule has 1 N–H and O–H groups in total. The Hall–Kier alpha value is -3.65. The summed E-state index contributed by atoms with van der Waals surface area (Å²) in [6, 6.07) is 14.9. The van der Waals surface area contributed by atoms with E-state index in [1.165, 1.54) is 37.4 Å². The van der Waals surface area contributed by atoms with Gasteiger partial charge in [0, 0.05) is 22.0 Å². The van der Waals surface area contributed by atoms with Gasteiger partial charge in [-0.2, -0.15) is 0 Å². The lowest BCUT2D eigenvalue weighted by molar-refractivity contribution is -0.127. The first kappa shape index (κ1) is 27.4. The molecule has 1 aliphatic rings. The number of hydrogen-bond acceptors (Lipinski definition) is 6. The molecule has 200 valence electrons. The molecule has 1 saturated carbocycles. The molecule has 8 heteroatoms. The van der Waals surface area contributed by atoms with Crippen molar-refractivity contribution in [1.29, 1.82) is 0 Å². The molecule has 7 nitrogen and oxygen atoms in total. The highest BCUT2D eigenvalue weighted by molar-refractivity contribution is 7.10. The molecule has 0 saturated heterocycles. The summed E-state index contributed by atoms with van der Waals surface area (Å²) < 4.78 is 11.3. The van der Waals surface area contributed by atoms with Gasteiger partial charge in [0.05, 0.1) is 26.3 Å². The van der Waals surface area contributed by atoms with E-state index in [-0.39, 0.29) is 30.1 Å². The molecule has 2 amide bonds. The van der Waals surface area contributed by atoms with E-state index in [4.69, 9.17) is 9.47 Å². The normalized spacial score (nSPS) is 14.4. The number of benzene rings is 2. The zero-order valence-corrected chi connectivity index (χ0v) is 22.9. The second kappa shape index (κ2) is 12.7. The molecule has 4 rings (SSSR count). The van der Waals surface area contributed by atoms with Gasteiger partial charge in [-0.1, -0.05) is 49.6 Å². The summed E-state index contributed by atoms with van der Waals surface area (Å²) in [6.45, 7) is 1.46. The minimum atomic E-state index is -1.09. The van der Waals surface area contributed by atoms with Crippen LogP contribution in [0.2, 0.25) is 0 Å². The van der Waals surface area contributed by atoms with Crippen LogP contribution in [0.25, 0.3) is 0 Å². The van der Waals surface area contributed by atoms with Crippen molar-refractivity contribution in [2.75, 3.05) is 19.1 Å². The molecule has 0 unspecified atom stereocenters. The number of hydrogen-bond donors (Lipinski definition) is 1. The number of carbonyl (C=O) groups excluding carboxylic acids is 3. The maximum absolute atomic E-state index is 14.2. The van der Waals surface area contributed by atoms with Crippen LogP contribution in [0.15, 0.2) is 60.0 Å². The van der Waals surface area contributed by atoms with Gasteiger partial charge in [-0.25, -0.2) is 0 Å². The maximum atomic E-state index is 14.2. The van der Waals surface area contributed by atoms with E-state index in [0.717, 1.165) is 37.0 Å². The monoisotopic (exact) mass is 534 g/mol. The number of nitrogens with zero attached hydrogens (tertiary/aromatic N) is 1. The van der Waals surface area contributed by atoms with E-state index in [0.29, 0.717) is 28.3 Å². The van der Waals surface area contributed by atoms with Gasteiger partial charge in [0.2, 0.25) is 11.8 Å². The molecule has 1 heterocycles. The van der Waals surface area contributed by atoms with Crippen molar-refractivity contribution in [3.63, 3.8) is 0 Å². The van der Waals surface area contributed by atoms with E-state index in [9.17, 15) is 14.4 Å². The summed E-state index contributed by atoms with van der Waals surface area (Å²) in [6.07, 6.45) is 5.11. The van der Waals surface area contributed by atoms with Crippen LogP contribution in [0.1, 0.15) is 65.9 Å². The van der Waals surface area contributed by atoms with Gasteiger partial charge in [0.25, 0.3) is 0 Å². The number of nitrogens with one attached hydrogen (secondary N) is 1. The third kappa shape index (κ3) is 6.07. The second-order valence-corrected chi connectivity index (χ2v) is 10.5. The van der Waals surface area contributed by atoms with E-state index >= 15 is 0 Å². The first-order valence-corrected chi connectivity index (χ1v) is 13.8. The second-order valence-electron chi connectivity index (χ2n) is 9.42. The first-order chi connectivity index (χ1) is 18.4. The average Bonchev–Trinajstić information content (AvgIpc) is 3.44. The maximum Gasteiger partial charge on any atom is 0.248 e. The summed E-state index contributed by atoms with van der Waals surface area (Å²) in [5, 5.41) is 5.12. The topological polar surface area (TPSA) is 84.9 Å². The number of amides is 2. The lowest BCUT2D eigenvalue weighted by Crippen LogP contribution is -2.48. The van der Waals surface area contributed by atoms with E-state index in [2.05, 4.69) is 5.32 Å². The predicted molar refractivity (Wildman–Crippen MR) is 149 cm³/mol. The van der Waals surface area contributed by atoms with Gasteiger partial charge in [-0.3, -0.25) is 19.3 Å². The fraction of sp³-hybridized carbons (Fsp3) is 0.367. The van der Waals surface area contributed by atoms with E-state index in [1.807, 2.05) is 17.5 Å². The van der Waals surface area contributed by atoms with Crippen LogP contribution < -0.4 is 19.7 Å². The van der Waals surface area contributed by atoms with Gasteiger partial charge in [-0.05, 0) is 49.4 Å². The molecule has 2 aromatic carbocycles. The number of thiophene rings is 1. The molecular formula is C30H34N2O5S. The SMILES string of the molecule is COc1cccc([C@H](C(=O)NC2CCCCC2)N(C(=O)Cc2cccs2)c2ccccc2C(C)=O)c1OC. The van der Waals surface area contributed by atoms with Gasteiger partial charge in [-0.15, -0.1) is 11.3 Å². The Bertz CT molecular complexity index is 1270. The van der Waals surface area contributed by atoms with Gasteiger partial charge < -0.3 is 14.8 Å². The number of ketones is 1. The number of para-hydroxylation sites is 2. The van der Waals surface area contributed by atoms with Crippen LogP contribution in [-0.2, 0) is 16.0 Å². The van der Waals surface area contributed by atoms with Crippen molar-refractivity contribution in [2.45, 2.75) is 57.5 Å². The average molecular weight is 535 g/mol. The summed E-state index contributed by atoms with van der Waals surface area (Å²) in [4.78, 5) is 43.3. The number of methoxy groups -OCH3 is 2. The summed E-state index contributed by atoms with van der Waals surface area (Å²) >= 11 is 1.47. The van der Waals surface area contributed by atoms with Gasteiger partial charge in [0.1, 0.15) is 6.04 Å². The van der Waals surface area contributed by atoms with Crippen LogP contribution in [0.4, 0.5) is 5.69 Å². The molecule has 1 aliphatic carbocycles. The third-order valence-corrected chi connectivity index (χ3v) is 7.78. The van der Waals surface area contributed by atoms with E-state index < -0.39 is 6.04 Å². The Labute approximate surface area is 227 Å². The summed E-state index contributed by atoms with van der Waals surface area (Å²) in [5.74, 6) is 0.00808. The molecule has 0 bridgehead atoms. The molecular weight excluding hydrogens is 500 g/mol. The van der Waals surface area contributed by atoms with Crippen LogP contribution in [0.3, 0.4) is 0 Å². The highest BCUT2D eigenvalue weighted by atomic mass is 32.1. The quantitative estimate of drug-likeness (QED) is 0.336. The zero-order chi connectivity index (χ0) is 27.1. The Morgan fingerprint density at radius 1 is 0.974 bits per heavy atom. The highest BCUT2D eigenvalue weighted by Crippen LogP contribution is 2.40. The number of ether oxygens (including phenoxy) is 2. The number of carbonyl (C=O) groups is 3. The highest BCUT2D eigenvalue weighted by Gasteiger charge is 2.38. The Morgan fingerprint density at radius 2 is 1.74 bits per heavy atom. The fourth-order valence-corrected chi connectivity index (χ4v) is 5.79. The van der Waals surface area contributed by atoms with Crippen molar-refractivity contribution in [2.24, 2.45) is 0 Å². The lowest BCUT2D eigenvalue weighted by atomic mass is 9.94.